The van der Waals surface area contributed by atoms with Crippen molar-refractivity contribution in [3.05, 3.63) is 48.4 Å². The number of hydrogen-bond acceptors (Lipinski definition) is 5. The van der Waals surface area contributed by atoms with Gasteiger partial charge in [0.1, 0.15) is 17.6 Å². The summed E-state index contributed by atoms with van der Waals surface area (Å²) >= 11 is 0. The van der Waals surface area contributed by atoms with Crippen molar-refractivity contribution >= 4 is 17.2 Å². The lowest BCUT2D eigenvalue weighted by Gasteiger charge is -2.33. The number of anilines is 2. The van der Waals surface area contributed by atoms with E-state index < -0.39 is 17.8 Å². The van der Waals surface area contributed by atoms with Gasteiger partial charge in [0.25, 0.3) is 0 Å². The first-order chi connectivity index (χ1) is 15.3. The molecule has 0 bridgehead atoms. The van der Waals surface area contributed by atoms with Gasteiger partial charge in [0.15, 0.2) is 11.6 Å². The molecule has 0 saturated carbocycles. The van der Waals surface area contributed by atoms with Crippen LogP contribution in [-0.2, 0) is 0 Å². The minimum absolute atomic E-state index is 0.0195. The molecule has 4 rings (SSSR count). The zero-order valence-electron chi connectivity index (χ0n) is 18.0. The van der Waals surface area contributed by atoms with E-state index in [1.54, 1.807) is 43.5 Å². The average Bonchev–Trinajstić information content (AvgIpc) is 3.12. The molecule has 2 aliphatic heterocycles. The van der Waals surface area contributed by atoms with Gasteiger partial charge < -0.3 is 9.64 Å². The Kier molecular flexibility index (Phi) is 6.26. The molecule has 3 heterocycles. The predicted molar refractivity (Wildman–Crippen MR) is 116 cm³/mol. The minimum Gasteiger partial charge on any atom is -0.490 e. The number of piperidine rings is 1. The molecule has 1 aromatic heterocycles. The van der Waals surface area contributed by atoms with Crippen molar-refractivity contribution in [2.75, 3.05) is 23.0 Å². The summed E-state index contributed by atoms with van der Waals surface area (Å²) in [7, 11) is 0. The molecule has 32 heavy (non-hydrogen) atoms. The van der Waals surface area contributed by atoms with Crippen LogP contribution in [0.4, 0.5) is 29.1 Å². The van der Waals surface area contributed by atoms with Gasteiger partial charge in [0.05, 0.1) is 11.7 Å². The van der Waals surface area contributed by atoms with Crippen LogP contribution in [0.25, 0.3) is 0 Å². The number of aromatic nitrogens is 1. The second-order valence-corrected chi connectivity index (χ2v) is 8.20. The first-order valence-corrected chi connectivity index (χ1v) is 10.8. The fraction of sp³-hybridized carbons (Fsp3) is 0.478. The van der Waals surface area contributed by atoms with E-state index in [1.165, 1.54) is 11.1 Å². The highest BCUT2D eigenvalue weighted by Crippen LogP contribution is 2.36. The summed E-state index contributed by atoms with van der Waals surface area (Å²) in [6, 6.07) is 9.64. The van der Waals surface area contributed by atoms with E-state index >= 15 is 0 Å². The van der Waals surface area contributed by atoms with E-state index in [0.29, 0.717) is 36.8 Å². The third-order valence-electron chi connectivity index (χ3n) is 6.13. The zero-order chi connectivity index (χ0) is 22.9. The van der Waals surface area contributed by atoms with Gasteiger partial charge in [0, 0.05) is 38.0 Å². The Bertz CT molecular complexity index is 955. The second-order valence-electron chi connectivity index (χ2n) is 8.20. The topological polar surface area (TPSA) is 41.0 Å². The van der Waals surface area contributed by atoms with Crippen LogP contribution < -0.4 is 14.6 Å². The molecule has 1 saturated heterocycles. The van der Waals surface area contributed by atoms with E-state index in [-0.39, 0.29) is 18.0 Å². The predicted octanol–water partition coefficient (Wildman–Crippen LogP) is 5.42. The van der Waals surface area contributed by atoms with Crippen LogP contribution in [0.15, 0.2) is 47.7 Å². The van der Waals surface area contributed by atoms with E-state index in [1.807, 2.05) is 11.8 Å². The standard InChI is InChI=1S/C23H26F4N4O/c1-3-20-15(2)21(23(25,26)27)29-31(20)16-6-8-17(9-7-16)32-18-10-13-30(14-11-18)22-19(24)5-4-12-28-22/h4-9,12,15,18,20H,3,10-11,13-14H2,1-2H3/t15?,20-/m0/s1. The van der Waals surface area contributed by atoms with Crippen LogP contribution in [0.2, 0.25) is 0 Å². The summed E-state index contributed by atoms with van der Waals surface area (Å²) in [6.07, 6.45) is -0.879. The lowest BCUT2D eigenvalue weighted by molar-refractivity contribution is -0.0620. The Hall–Kier alpha value is -2.84. The SMILES string of the molecule is CC[C@H]1C(C)C(C(F)(F)F)=NN1c1ccc(OC2CCN(c3ncccc3F)CC2)cc1. The molecule has 5 nitrogen and oxygen atoms in total. The van der Waals surface area contributed by atoms with Crippen LogP contribution >= 0.6 is 0 Å². The molecule has 9 heteroatoms. The van der Waals surface area contributed by atoms with Crippen molar-refractivity contribution in [2.45, 2.75) is 51.4 Å². The van der Waals surface area contributed by atoms with Gasteiger partial charge in [-0.1, -0.05) is 13.8 Å². The van der Waals surface area contributed by atoms with E-state index in [0.717, 1.165) is 12.8 Å². The van der Waals surface area contributed by atoms with Crippen molar-refractivity contribution in [3.8, 4) is 5.75 Å². The van der Waals surface area contributed by atoms with E-state index in [2.05, 4.69) is 10.1 Å². The van der Waals surface area contributed by atoms with Gasteiger partial charge in [-0.3, -0.25) is 5.01 Å². The molecule has 2 aromatic rings. The van der Waals surface area contributed by atoms with Gasteiger partial charge in [-0.25, -0.2) is 9.37 Å². The van der Waals surface area contributed by atoms with Crippen LogP contribution in [0.5, 0.6) is 5.75 Å². The fourth-order valence-corrected chi connectivity index (χ4v) is 4.43. The molecule has 2 aliphatic rings. The molecule has 0 N–H and O–H groups in total. The first kappa shape index (κ1) is 22.4. The number of hydrogen-bond donors (Lipinski definition) is 0. The Morgan fingerprint density at radius 2 is 1.78 bits per heavy atom. The maximum Gasteiger partial charge on any atom is 0.431 e. The first-order valence-electron chi connectivity index (χ1n) is 10.8. The van der Waals surface area contributed by atoms with Crippen molar-refractivity contribution < 1.29 is 22.3 Å². The Morgan fingerprint density at radius 1 is 1.09 bits per heavy atom. The van der Waals surface area contributed by atoms with Crippen LogP contribution in [-0.4, -0.2) is 42.1 Å². The number of pyridine rings is 1. The van der Waals surface area contributed by atoms with Gasteiger partial charge in [-0.15, -0.1) is 0 Å². The molecule has 1 aromatic carbocycles. The van der Waals surface area contributed by atoms with Crippen molar-refractivity contribution in [3.63, 3.8) is 0 Å². The molecule has 0 amide bonds. The number of nitrogens with zero attached hydrogens (tertiary/aromatic N) is 4. The average molecular weight is 450 g/mol. The normalized spacial score (nSPS) is 22.2. The Morgan fingerprint density at radius 3 is 2.38 bits per heavy atom. The zero-order valence-corrected chi connectivity index (χ0v) is 18.0. The molecule has 2 atom stereocenters. The molecular formula is C23H26F4N4O. The van der Waals surface area contributed by atoms with Gasteiger partial charge in [0.2, 0.25) is 0 Å². The van der Waals surface area contributed by atoms with E-state index in [4.69, 9.17) is 4.74 Å². The summed E-state index contributed by atoms with van der Waals surface area (Å²) in [5, 5.41) is 5.36. The summed E-state index contributed by atoms with van der Waals surface area (Å²) in [5.74, 6) is -0.0126. The number of benzene rings is 1. The number of hydrazone groups is 1. The maximum absolute atomic E-state index is 13.9. The van der Waals surface area contributed by atoms with Crippen molar-refractivity contribution in [2.24, 2.45) is 11.0 Å². The van der Waals surface area contributed by atoms with E-state index in [9.17, 15) is 17.6 Å². The Balaban J connectivity index is 1.38. The second kappa shape index (κ2) is 8.96. The highest BCUT2D eigenvalue weighted by Gasteiger charge is 2.47. The number of ether oxygens (including phenoxy) is 1. The number of alkyl halides is 3. The third-order valence-corrected chi connectivity index (χ3v) is 6.13. The summed E-state index contributed by atoms with van der Waals surface area (Å²) in [6.45, 7) is 4.70. The largest absolute Gasteiger partial charge is 0.490 e. The molecule has 1 fully saturated rings. The van der Waals surface area contributed by atoms with Crippen LogP contribution in [0.3, 0.4) is 0 Å². The van der Waals surface area contributed by atoms with Crippen LogP contribution in [0.1, 0.15) is 33.1 Å². The quantitative estimate of drug-likeness (QED) is 0.571. The molecule has 1 unspecified atom stereocenters. The monoisotopic (exact) mass is 450 g/mol. The minimum atomic E-state index is -4.43. The Labute approximate surface area is 184 Å². The van der Waals surface area contributed by atoms with Gasteiger partial charge in [-0.05, 0) is 42.8 Å². The van der Waals surface area contributed by atoms with Gasteiger partial charge in [-0.2, -0.15) is 18.3 Å². The molecular weight excluding hydrogens is 424 g/mol. The fourth-order valence-electron chi connectivity index (χ4n) is 4.43. The smallest absolute Gasteiger partial charge is 0.431 e. The van der Waals surface area contributed by atoms with Crippen molar-refractivity contribution in [1.82, 2.24) is 4.98 Å². The van der Waals surface area contributed by atoms with Gasteiger partial charge >= 0.3 is 6.18 Å². The number of halogens is 4. The van der Waals surface area contributed by atoms with Crippen molar-refractivity contribution in [1.29, 1.82) is 0 Å². The summed E-state index contributed by atoms with van der Waals surface area (Å²) in [4.78, 5) is 6.03. The molecule has 0 radical (unpaired) electrons. The molecule has 172 valence electrons. The highest BCUT2D eigenvalue weighted by atomic mass is 19.4. The maximum atomic E-state index is 13.9. The highest BCUT2D eigenvalue weighted by molar-refractivity contribution is 5.95. The summed E-state index contributed by atoms with van der Waals surface area (Å²) in [5.41, 5.74) is -0.128. The summed E-state index contributed by atoms with van der Waals surface area (Å²) < 4.78 is 59.9. The number of rotatable bonds is 5. The lowest BCUT2D eigenvalue weighted by Crippen LogP contribution is -2.39. The van der Waals surface area contributed by atoms with Crippen LogP contribution in [0, 0.1) is 11.7 Å². The molecule has 0 aliphatic carbocycles. The third kappa shape index (κ3) is 4.52. The lowest BCUT2D eigenvalue weighted by atomic mass is 9.95. The molecule has 0 spiro atoms.